The van der Waals surface area contributed by atoms with Crippen molar-refractivity contribution < 1.29 is 27.1 Å². The number of amides is 1. The Hall–Kier alpha value is -4.17. The second-order valence-electron chi connectivity index (χ2n) is 10.6. The smallest absolute Gasteiger partial charge is 0.416 e. The number of hydrogen-bond acceptors (Lipinski definition) is 6. The molecule has 3 aromatic rings. The van der Waals surface area contributed by atoms with E-state index in [-0.39, 0.29) is 49.1 Å². The zero-order valence-electron chi connectivity index (χ0n) is 23.1. The van der Waals surface area contributed by atoms with E-state index < -0.39 is 23.0 Å². The number of pyridine rings is 1. The highest BCUT2D eigenvalue weighted by molar-refractivity contribution is 5.89. The van der Waals surface area contributed by atoms with Crippen molar-refractivity contribution in [2.24, 2.45) is 0 Å². The van der Waals surface area contributed by atoms with Crippen molar-refractivity contribution in [3.05, 3.63) is 77.2 Å². The number of nitrogens with zero attached hydrogens (tertiary/aromatic N) is 3. The Balaban J connectivity index is 1.45. The summed E-state index contributed by atoms with van der Waals surface area (Å²) in [5, 5.41) is 15.9. The molecule has 1 amide bonds. The van der Waals surface area contributed by atoms with Crippen LogP contribution in [0, 0.1) is 17.1 Å². The predicted molar refractivity (Wildman–Crippen MR) is 150 cm³/mol. The maximum atomic E-state index is 15.6. The van der Waals surface area contributed by atoms with E-state index >= 15 is 4.39 Å². The normalized spacial score (nSPS) is 18.4. The number of nitriles is 1. The first-order valence-electron chi connectivity index (χ1n) is 13.9. The number of piperidine rings is 1. The van der Waals surface area contributed by atoms with Gasteiger partial charge in [0.1, 0.15) is 23.3 Å². The number of carbonyl (C=O) groups is 1. The van der Waals surface area contributed by atoms with Gasteiger partial charge < -0.3 is 20.3 Å². The topological polar surface area (TPSA) is 90.3 Å². The molecular weight excluding hydrogens is 550 g/mol. The zero-order valence-corrected chi connectivity index (χ0v) is 23.1. The molecule has 0 spiro atoms. The summed E-state index contributed by atoms with van der Waals surface area (Å²) in [7, 11) is 0. The molecule has 0 saturated carbocycles. The van der Waals surface area contributed by atoms with E-state index in [9.17, 15) is 23.2 Å². The third-order valence-electron chi connectivity index (χ3n) is 8.04. The molecule has 0 aliphatic carbocycles. The fraction of sp³-hybridized carbons (Fsp3) is 0.387. The molecule has 220 valence electrons. The Morgan fingerprint density at radius 1 is 1.21 bits per heavy atom. The van der Waals surface area contributed by atoms with Crippen molar-refractivity contribution in [2.75, 3.05) is 37.7 Å². The van der Waals surface area contributed by atoms with E-state index in [4.69, 9.17) is 4.74 Å². The number of rotatable bonds is 7. The Kier molecular flexibility index (Phi) is 8.36. The molecule has 2 aromatic carbocycles. The van der Waals surface area contributed by atoms with Gasteiger partial charge in [0, 0.05) is 37.4 Å². The van der Waals surface area contributed by atoms with Crippen LogP contribution in [0.2, 0.25) is 0 Å². The van der Waals surface area contributed by atoms with Crippen LogP contribution in [0.25, 0.3) is 11.3 Å². The fourth-order valence-electron chi connectivity index (χ4n) is 5.77. The molecule has 2 N–H and O–H groups in total. The van der Waals surface area contributed by atoms with E-state index in [0.29, 0.717) is 35.7 Å². The zero-order chi connectivity index (χ0) is 29.9. The van der Waals surface area contributed by atoms with Crippen LogP contribution in [-0.2, 0) is 16.4 Å². The van der Waals surface area contributed by atoms with Gasteiger partial charge in [0.15, 0.2) is 0 Å². The average Bonchev–Trinajstić information content (AvgIpc) is 3.50. The molecule has 1 atom stereocenters. The van der Waals surface area contributed by atoms with E-state index in [1.807, 2.05) is 13.0 Å². The monoisotopic (exact) mass is 581 g/mol. The lowest BCUT2D eigenvalue weighted by molar-refractivity contribution is -0.137. The minimum Gasteiger partial charge on any atom is -0.494 e. The Morgan fingerprint density at radius 2 is 2.00 bits per heavy atom. The van der Waals surface area contributed by atoms with Crippen LogP contribution in [0.3, 0.4) is 0 Å². The fourth-order valence-corrected chi connectivity index (χ4v) is 5.77. The predicted octanol–water partition coefficient (Wildman–Crippen LogP) is 5.19. The molecule has 0 radical (unpaired) electrons. The van der Waals surface area contributed by atoms with Crippen LogP contribution in [-0.4, -0.2) is 49.7 Å². The number of hydrogen-bond donors (Lipinski definition) is 2. The van der Waals surface area contributed by atoms with Crippen molar-refractivity contribution >= 4 is 11.6 Å². The first kappa shape index (κ1) is 29.3. The lowest BCUT2D eigenvalue weighted by Gasteiger charge is -2.42. The number of alkyl halides is 3. The largest absolute Gasteiger partial charge is 0.494 e. The van der Waals surface area contributed by atoms with Gasteiger partial charge in [-0.15, -0.1) is 0 Å². The number of aromatic nitrogens is 1. The summed E-state index contributed by atoms with van der Waals surface area (Å²) in [6, 6.07) is 13.2. The second kappa shape index (κ2) is 12.0. The van der Waals surface area contributed by atoms with Gasteiger partial charge in [-0.2, -0.15) is 18.4 Å². The maximum Gasteiger partial charge on any atom is 0.416 e. The van der Waals surface area contributed by atoms with Gasteiger partial charge in [-0.25, -0.2) is 4.39 Å². The molecule has 1 aromatic heterocycles. The number of benzene rings is 2. The first-order chi connectivity index (χ1) is 20.1. The van der Waals surface area contributed by atoms with Crippen LogP contribution in [0.4, 0.5) is 23.2 Å². The lowest BCUT2D eigenvalue weighted by Crippen LogP contribution is -2.54. The van der Waals surface area contributed by atoms with Crippen molar-refractivity contribution in [2.45, 2.75) is 43.8 Å². The molecular formula is C31H31F4N5O2. The number of ether oxygens (including phenoxy) is 1. The van der Waals surface area contributed by atoms with Crippen molar-refractivity contribution in [3.8, 4) is 23.1 Å². The SMILES string of the molecule is CCOc1cccc(-c2ncc(C3(C(=O)N[C@@H]4CCNC4)CCN(c4ccc(C(F)(F)F)cc4C#N)CC3)cc2F)c1. The lowest BCUT2D eigenvalue weighted by atomic mass is 9.72. The molecule has 0 unspecified atom stereocenters. The van der Waals surface area contributed by atoms with Crippen LogP contribution in [0.15, 0.2) is 54.7 Å². The summed E-state index contributed by atoms with van der Waals surface area (Å²) in [5.74, 6) is -0.225. The number of anilines is 1. The molecule has 0 bridgehead atoms. The quantitative estimate of drug-likeness (QED) is 0.373. The summed E-state index contributed by atoms with van der Waals surface area (Å²) in [6.07, 6.45) is -1.75. The maximum absolute atomic E-state index is 15.6. The molecule has 5 rings (SSSR count). The molecule has 2 fully saturated rings. The third-order valence-corrected chi connectivity index (χ3v) is 8.04. The minimum atomic E-state index is -4.57. The standard InChI is InChI=1S/C31H31F4N5O2/c1-2-42-25-5-3-4-20(15-25)28-26(32)16-23(18-38-28)30(29(41)39-24-8-11-37-19-24)9-12-40(13-10-30)27-7-6-22(31(33,34)35)14-21(27)17-36/h3-7,14-16,18,24,37H,2,8-13,19H2,1H3,(H,39,41)/t24-/m1/s1. The summed E-state index contributed by atoms with van der Waals surface area (Å²) >= 11 is 0. The molecule has 2 aliphatic heterocycles. The Bertz CT molecular complexity index is 1490. The van der Waals surface area contributed by atoms with Gasteiger partial charge in [0.2, 0.25) is 5.91 Å². The first-order valence-corrected chi connectivity index (χ1v) is 13.9. The number of carbonyl (C=O) groups excluding carboxylic acids is 1. The summed E-state index contributed by atoms with van der Waals surface area (Å²) in [6.45, 7) is 4.28. The number of halogens is 4. The van der Waals surface area contributed by atoms with Gasteiger partial charge >= 0.3 is 6.18 Å². The molecule has 11 heteroatoms. The van der Waals surface area contributed by atoms with Crippen molar-refractivity contribution in [1.82, 2.24) is 15.6 Å². The third kappa shape index (κ3) is 5.90. The summed E-state index contributed by atoms with van der Waals surface area (Å²) in [4.78, 5) is 20.1. The molecule has 42 heavy (non-hydrogen) atoms. The number of nitrogens with one attached hydrogen (secondary N) is 2. The van der Waals surface area contributed by atoms with Gasteiger partial charge in [-0.1, -0.05) is 12.1 Å². The van der Waals surface area contributed by atoms with Gasteiger partial charge in [-0.05, 0) is 74.7 Å². The van der Waals surface area contributed by atoms with Crippen LogP contribution in [0.1, 0.15) is 42.9 Å². The summed E-state index contributed by atoms with van der Waals surface area (Å²) in [5.41, 5.74) is -0.623. The Labute approximate surface area is 241 Å². The minimum absolute atomic E-state index is 0.0640. The van der Waals surface area contributed by atoms with Gasteiger partial charge in [-0.3, -0.25) is 9.78 Å². The van der Waals surface area contributed by atoms with Crippen molar-refractivity contribution in [1.29, 1.82) is 5.26 Å². The second-order valence-corrected chi connectivity index (χ2v) is 10.6. The molecule has 2 saturated heterocycles. The average molecular weight is 582 g/mol. The van der Waals surface area contributed by atoms with Crippen molar-refractivity contribution in [3.63, 3.8) is 0 Å². The van der Waals surface area contributed by atoms with E-state index in [1.54, 1.807) is 29.2 Å². The summed E-state index contributed by atoms with van der Waals surface area (Å²) < 4.78 is 60.9. The van der Waals surface area contributed by atoms with Gasteiger partial charge in [0.05, 0.1) is 28.8 Å². The van der Waals surface area contributed by atoms with Crippen LogP contribution in [0.5, 0.6) is 5.75 Å². The molecule has 3 heterocycles. The Morgan fingerprint density at radius 3 is 2.64 bits per heavy atom. The van der Waals surface area contributed by atoms with E-state index in [2.05, 4.69) is 15.6 Å². The highest BCUT2D eigenvalue weighted by Crippen LogP contribution is 2.40. The highest BCUT2D eigenvalue weighted by Gasteiger charge is 2.45. The molecule has 7 nitrogen and oxygen atoms in total. The van der Waals surface area contributed by atoms with Crippen LogP contribution >= 0.6 is 0 Å². The highest BCUT2D eigenvalue weighted by atomic mass is 19.4. The van der Waals surface area contributed by atoms with E-state index in [1.165, 1.54) is 18.3 Å². The van der Waals surface area contributed by atoms with Gasteiger partial charge in [0.25, 0.3) is 0 Å². The van der Waals surface area contributed by atoms with Crippen LogP contribution < -0.4 is 20.3 Å². The van der Waals surface area contributed by atoms with E-state index in [0.717, 1.165) is 25.1 Å². The molecule has 2 aliphatic rings.